The zero-order chi connectivity index (χ0) is 27.8. The maximum Gasteiger partial charge on any atom is 0.245 e. The third-order valence-electron chi connectivity index (χ3n) is 6.50. The molecule has 5 nitrogen and oxygen atoms in total. The lowest BCUT2D eigenvalue weighted by Crippen LogP contribution is -2.18. The number of likely N-dealkylation sites (N-methyl/N-ethyl adjacent to an activating group) is 1. The molecule has 0 radical (unpaired) electrons. The van der Waals surface area contributed by atoms with E-state index in [4.69, 9.17) is 4.74 Å². The number of benzene rings is 3. The summed E-state index contributed by atoms with van der Waals surface area (Å²) in [6, 6.07) is 19.8. The van der Waals surface area contributed by atoms with Crippen LogP contribution in [0.2, 0.25) is 0 Å². The summed E-state index contributed by atoms with van der Waals surface area (Å²) in [5.74, 6) is -0.0639. The molecule has 3 aromatic carbocycles. The number of amides is 1. The van der Waals surface area contributed by atoms with Crippen LogP contribution in [0.15, 0.2) is 78.9 Å². The summed E-state index contributed by atoms with van der Waals surface area (Å²) in [4.78, 5) is 13.1. The third-order valence-corrected chi connectivity index (χ3v) is 6.50. The van der Waals surface area contributed by atoms with Gasteiger partial charge in [-0.25, -0.2) is 4.39 Å². The number of hydrogen-bond acceptors (Lipinski definition) is 3. The zero-order valence-electron chi connectivity index (χ0n) is 22.5. The SMILES string of the molecule is CC/C(=C(/c1ccc(OCCCC/C=C/C(=O)N(C)C)cc1)c1ccc2n[nH]c(F)c2c1)c1cccc(F)c1. The fourth-order valence-corrected chi connectivity index (χ4v) is 4.46. The van der Waals surface area contributed by atoms with Crippen LogP contribution in [-0.4, -0.2) is 41.7 Å². The second-order valence-electron chi connectivity index (χ2n) is 9.49. The van der Waals surface area contributed by atoms with E-state index in [9.17, 15) is 13.6 Å². The van der Waals surface area contributed by atoms with E-state index in [0.717, 1.165) is 52.8 Å². The number of halogens is 2. The molecule has 202 valence electrons. The van der Waals surface area contributed by atoms with E-state index in [0.29, 0.717) is 23.9 Å². The highest BCUT2D eigenvalue weighted by Crippen LogP contribution is 2.36. The second-order valence-corrected chi connectivity index (χ2v) is 9.49. The van der Waals surface area contributed by atoms with E-state index in [1.54, 1.807) is 43.3 Å². The van der Waals surface area contributed by atoms with Crippen LogP contribution in [0.25, 0.3) is 22.0 Å². The number of aromatic amines is 1. The van der Waals surface area contributed by atoms with Gasteiger partial charge in [-0.1, -0.05) is 43.3 Å². The predicted octanol–water partition coefficient (Wildman–Crippen LogP) is 7.40. The number of nitrogens with zero attached hydrogens (tertiary/aromatic N) is 2. The second kappa shape index (κ2) is 13.0. The number of carbonyl (C=O) groups excluding carboxylic acids is 1. The lowest BCUT2D eigenvalue weighted by atomic mass is 9.88. The van der Waals surface area contributed by atoms with Crippen molar-refractivity contribution in [3.8, 4) is 5.75 Å². The summed E-state index contributed by atoms with van der Waals surface area (Å²) in [7, 11) is 3.46. The van der Waals surface area contributed by atoms with E-state index in [2.05, 4.69) is 10.2 Å². The highest BCUT2D eigenvalue weighted by molar-refractivity contribution is 6.00. The molecule has 0 saturated carbocycles. The normalized spacial score (nSPS) is 12.1. The van der Waals surface area contributed by atoms with Crippen molar-refractivity contribution in [1.82, 2.24) is 15.1 Å². The lowest BCUT2D eigenvalue weighted by molar-refractivity contribution is -0.123. The summed E-state index contributed by atoms with van der Waals surface area (Å²) >= 11 is 0. The van der Waals surface area contributed by atoms with Crippen molar-refractivity contribution in [2.45, 2.75) is 32.6 Å². The largest absolute Gasteiger partial charge is 0.494 e. The molecule has 0 aliphatic rings. The van der Waals surface area contributed by atoms with E-state index in [1.165, 1.54) is 12.1 Å². The summed E-state index contributed by atoms with van der Waals surface area (Å²) in [5, 5.41) is 6.80. The zero-order valence-corrected chi connectivity index (χ0v) is 22.5. The van der Waals surface area contributed by atoms with Gasteiger partial charge in [0.1, 0.15) is 11.6 Å². The number of aromatic nitrogens is 2. The molecule has 0 saturated heterocycles. The fourth-order valence-electron chi connectivity index (χ4n) is 4.46. The Balaban J connectivity index is 1.55. The number of carbonyl (C=O) groups is 1. The van der Waals surface area contributed by atoms with E-state index < -0.39 is 5.95 Å². The Kier molecular flexibility index (Phi) is 9.26. The predicted molar refractivity (Wildman–Crippen MR) is 152 cm³/mol. The molecule has 4 rings (SSSR count). The minimum Gasteiger partial charge on any atom is -0.494 e. The van der Waals surface area contributed by atoms with Gasteiger partial charge in [-0.3, -0.25) is 9.89 Å². The van der Waals surface area contributed by atoms with Crippen molar-refractivity contribution >= 4 is 28.0 Å². The average molecular weight is 530 g/mol. The first-order chi connectivity index (χ1) is 18.9. The Morgan fingerprint density at radius 3 is 2.46 bits per heavy atom. The number of hydrogen-bond donors (Lipinski definition) is 1. The lowest BCUT2D eigenvalue weighted by Gasteiger charge is -2.17. The molecular formula is C32H33F2N3O2. The molecule has 0 bridgehead atoms. The smallest absolute Gasteiger partial charge is 0.245 e. The highest BCUT2D eigenvalue weighted by atomic mass is 19.1. The first-order valence-electron chi connectivity index (χ1n) is 13.1. The highest BCUT2D eigenvalue weighted by Gasteiger charge is 2.16. The molecular weight excluding hydrogens is 496 g/mol. The number of allylic oxidation sites excluding steroid dienone is 2. The van der Waals surface area contributed by atoms with E-state index in [1.807, 2.05) is 49.4 Å². The van der Waals surface area contributed by atoms with Crippen LogP contribution in [0.1, 0.15) is 49.3 Å². The fraction of sp³-hybridized carbons (Fsp3) is 0.250. The topological polar surface area (TPSA) is 58.2 Å². The first kappa shape index (κ1) is 27.8. The van der Waals surface area contributed by atoms with Crippen LogP contribution in [0.5, 0.6) is 5.75 Å². The molecule has 0 unspecified atom stereocenters. The Morgan fingerprint density at radius 2 is 1.74 bits per heavy atom. The Morgan fingerprint density at radius 1 is 0.974 bits per heavy atom. The molecule has 7 heteroatoms. The Bertz CT molecular complexity index is 1490. The first-order valence-corrected chi connectivity index (χ1v) is 13.1. The quantitative estimate of drug-likeness (QED) is 0.125. The van der Waals surface area contributed by atoms with Crippen molar-refractivity contribution in [2.75, 3.05) is 20.7 Å². The van der Waals surface area contributed by atoms with Gasteiger partial charge in [-0.2, -0.15) is 9.49 Å². The van der Waals surface area contributed by atoms with Gasteiger partial charge >= 0.3 is 0 Å². The number of nitrogens with one attached hydrogen (secondary N) is 1. The molecule has 0 fully saturated rings. The molecule has 1 heterocycles. The summed E-state index contributed by atoms with van der Waals surface area (Å²) in [5.41, 5.74) is 4.91. The van der Waals surface area contributed by atoms with Gasteiger partial charge in [0.25, 0.3) is 0 Å². The van der Waals surface area contributed by atoms with Gasteiger partial charge in [0.2, 0.25) is 11.9 Å². The van der Waals surface area contributed by atoms with Crippen LogP contribution in [-0.2, 0) is 4.79 Å². The molecule has 4 aromatic rings. The number of H-pyrrole nitrogens is 1. The van der Waals surface area contributed by atoms with Crippen molar-refractivity contribution in [3.63, 3.8) is 0 Å². The number of fused-ring (bicyclic) bond motifs is 1. The molecule has 0 aliphatic heterocycles. The van der Waals surface area contributed by atoms with Gasteiger partial charge in [-0.15, -0.1) is 0 Å². The summed E-state index contributed by atoms with van der Waals surface area (Å²) in [6.07, 6.45) is 6.74. The molecule has 0 atom stereocenters. The molecule has 0 spiro atoms. The molecule has 1 amide bonds. The Hall–Kier alpha value is -4.26. The minimum atomic E-state index is -0.487. The Labute approximate surface area is 227 Å². The van der Waals surface area contributed by atoms with Gasteiger partial charge in [0.05, 0.1) is 17.5 Å². The monoisotopic (exact) mass is 529 g/mol. The van der Waals surface area contributed by atoms with Gasteiger partial charge in [0, 0.05) is 14.1 Å². The number of ether oxygens (including phenoxy) is 1. The average Bonchev–Trinajstić information content (AvgIpc) is 3.31. The van der Waals surface area contributed by atoms with Crippen LogP contribution in [0, 0.1) is 11.8 Å². The minimum absolute atomic E-state index is 0.0155. The van der Waals surface area contributed by atoms with Crippen LogP contribution in [0.4, 0.5) is 8.78 Å². The summed E-state index contributed by atoms with van der Waals surface area (Å²) < 4.78 is 34.5. The van der Waals surface area contributed by atoms with Crippen molar-refractivity contribution < 1.29 is 18.3 Å². The van der Waals surface area contributed by atoms with Crippen molar-refractivity contribution in [3.05, 3.63) is 107 Å². The third kappa shape index (κ3) is 6.99. The van der Waals surface area contributed by atoms with Gasteiger partial charge < -0.3 is 9.64 Å². The van der Waals surface area contributed by atoms with E-state index >= 15 is 0 Å². The van der Waals surface area contributed by atoms with Crippen molar-refractivity contribution in [1.29, 1.82) is 0 Å². The van der Waals surface area contributed by atoms with E-state index in [-0.39, 0.29) is 11.7 Å². The van der Waals surface area contributed by atoms with Crippen LogP contribution >= 0.6 is 0 Å². The van der Waals surface area contributed by atoms with Crippen LogP contribution < -0.4 is 4.74 Å². The maximum atomic E-state index is 14.4. The van der Waals surface area contributed by atoms with Gasteiger partial charge in [-0.05, 0) is 96.0 Å². The van der Waals surface area contributed by atoms with Crippen molar-refractivity contribution in [2.24, 2.45) is 0 Å². The molecule has 39 heavy (non-hydrogen) atoms. The number of rotatable bonds is 11. The maximum absolute atomic E-state index is 14.4. The molecule has 0 aliphatic carbocycles. The molecule has 1 aromatic heterocycles. The molecule has 1 N–H and O–H groups in total. The van der Waals surface area contributed by atoms with Gasteiger partial charge in [0.15, 0.2) is 0 Å². The number of unbranched alkanes of at least 4 members (excludes halogenated alkanes) is 2. The summed E-state index contributed by atoms with van der Waals surface area (Å²) in [6.45, 7) is 2.59. The standard InChI is InChI=1S/C32H33F2N3O2/c1-4-27(23-10-9-11-25(33)20-23)31(24-15-18-29-28(21-24)32(34)36-35-29)22-13-16-26(17-14-22)39-19-8-6-5-7-12-30(38)37(2)3/h7,9-18,20-21H,4-6,8,19H2,1-3H3,(H,35,36)/b12-7+,31-27+. The van der Waals surface area contributed by atoms with Crippen LogP contribution in [0.3, 0.4) is 0 Å².